The van der Waals surface area contributed by atoms with E-state index < -0.39 is 0 Å². The van der Waals surface area contributed by atoms with Gasteiger partial charge in [-0.15, -0.1) is 0 Å². The van der Waals surface area contributed by atoms with Crippen LogP contribution in [0.1, 0.15) is 12.8 Å². The first-order valence-corrected chi connectivity index (χ1v) is 3.89. The fourth-order valence-electron chi connectivity index (χ4n) is 0.808. The van der Waals surface area contributed by atoms with Gasteiger partial charge in [-0.1, -0.05) is 12.1 Å². The summed E-state index contributed by atoms with van der Waals surface area (Å²) in [5, 5.41) is 8.25. The van der Waals surface area contributed by atoms with Crippen LogP contribution in [0.4, 0.5) is 0 Å². The highest BCUT2D eigenvalue weighted by molar-refractivity contribution is 5.19. The Morgan fingerprint density at radius 1 is 1.58 bits per heavy atom. The molecule has 12 heavy (non-hydrogen) atoms. The molecule has 0 aliphatic heterocycles. The van der Waals surface area contributed by atoms with E-state index in [1.54, 1.807) is 6.07 Å². The van der Waals surface area contributed by atoms with Gasteiger partial charge in [0.25, 0.3) is 0 Å². The molecule has 0 saturated heterocycles. The van der Waals surface area contributed by atoms with E-state index in [1.165, 1.54) is 0 Å². The highest BCUT2D eigenvalue weighted by atomic mass is 16.5. The average molecular weight is 160 g/mol. The van der Waals surface area contributed by atoms with E-state index in [1.807, 2.05) is 18.2 Å². The molecule has 0 bridgehead atoms. The smallest absolute Gasteiger partial charge is 0.119 e. The minimum atomic E-state index is 0.552. The second-order valence-electron chi connectivity index (χ2n) is 2.35. The standard InChI is InChI=1S/C10H10NO/c11-8-4-5-9-12-10-6-2-1-3-7-10/h1-2,6-7H,4-5,9H2. The molecule has 0 heterocycles. The van der Waals surface area contributed by atoms with Gasteiger partial charge in [-0.2, -0.15) is 5.26 Å². The zero-order valence-corrected chi connectivity index (χ0v) is 6.79. The van der Waals surface area contributed by atoms with Crippen LogP contribution in [0, 0.1) is 17.4 Å². The summed E-state index contributed by atoms with van der Waals surface area (Å²) >= 11 is 0. The molecule has 2 heteroatoms. The Labute approximate surface area is 72.4 Å². The molecule has 0 fully saturated rings. The lowest BCUT2D eigenvalue weighted by molar-refractivity contribution is 0.312. The maximum atomic E-state index is 8.25. The average Bonchev–Trinajstić information content (AvgIpc) is 2.14. The van der Waals surface area contributed by atoms with Gasteiger partial charge in [0.05, 0.1) is 12.7 Å². The summed E-state index contributed by atoms with van der Waals surface area (Å²) in [6.07, 6.45) is 1.34. The Morgan fingerprint density at radius 2 is 2.50 bits per heavy atom. The van der Waals surface area contributed by atoms with Crippen LogP contribution in [0.15, 0.2) is 24.3 Å². The van der Waals surface area contributed by atoms with Crippen molar-refractivity contribution < 1.29 is 4.74 Å². The summed E-state index contributed by atoms with van der Waals surface area (Å²) < 4.78 is 5.33. The van der Waals surface area contributed by atoms with Gasteiger partial charge in [-0.25, -0.2) is 0 Å². The first-order chi connectivity index (χ1) is 5.93. The lowest BCUT2D eigenvalue weighted by atomic mass is 10.3. The molecule has 1 aromatic rings. The second kappa shape index (κ2) is 5.20. The molecule has 0 N–H and O–H groups in total. The maximum absolute atomic E-state index is 8.25. The highest BCUT2D eigenvalue weighted by Crippen LogP contribution is 2.07. The van der Waals surface area contributed by atoms with Crippen molar-refractivity contribution >= 4 is 0 Å². The number of nitrogens with zero attached hydrogens (tertiary/aromatic N) is 1. The zero-order valence-electron chi connectivity index (χ0n) is 6.79. The van der Waals surface area contributed by atoms with Crippen LogP contribution in [0.25, 0.3) is 0 Å². The molecule has 0 amide bonds. The molecule has 61 valence electrons. The van der Waals surface area contributed by atoms with Crippen molar-refractivity contribution in [3.63, 3.8) is 0 Å². The molecule has 0 aromatic heterocycles. The molecular weight excluding hydrogens is 150 g/mol. The Morgan fingerprint density at radius 3 is 3.17 bits per heavy atom. The van der Waals surface area contributed by atoms with Crippen LogP contribution in [-0.2, 0) is 0 Å². The van der Waals surface area contributed by atoms with E-state index in [2.05, 4.69) is 12.1 Å². The van der Waals surface area contributed by atoms with Crippen molar-refractivity contribution in [3.8, 4) is 11.8 Å². The molecular formula is C10H10NO. The van der Waals surface area contributed by atoms with E-state index in [-0.39, 0.29) is 0 Å². The van der Waals surface area contributed by atoms with Crippen molar-refractivity contribution in [3.05, 3.63) is 30.3 Å². The van der Waals surface area contributed by atoms with Gasteiger partial charge in [0.2, 0.25) is 0 Å². The summed E-state index contributed by atoms with van der Waals surface area (Å²) in [6.45, 7) is 0.603. The van der Waals surface area contributed by atoms with Gasteiger partial charge < -0.3 is 4.74 Å². The molecule has 1 aromatic carbocycles. The summed E-state index contributed by atoms with van der Waals surface area (Å²) in [6, 6.07) is 12.3. The molecule has 1 rings (SSSR count). The Hall–Kier alpha value is -1.49. The van der Waals surface area contributed by atoms with Gasteiger partial charge in [-0.3, -0.25) is 0 Å². The third-order valence-electron chi connectivity index (χ3n) is 1.38. The molecule has 0 atom stereocenters. The van der Waals surface area contributed by atoms with E-state index in [9.17, 15) is 0 Å². The van der Waals surface area contributed by atoms with E-state index in [4.69, 9.17) is 10.00 Å². The van der Waals surface area contributed by atoms with Crippen LogP contribution in [0.2, 0.25) is 0 Å². The predicted molar refractivity (Wildman–Crippen MR) is 45.6 cm³/mol. The van der Waals surface area contributed by atoms with Gasteiger partial charge in [0.15, 0.2) is 0 Å². The third-order valence-corrected chi connectivity index (χ3v) is 1.38. The van der Waals surface area contributed by atoms with Gasteiger partial charge in [0, 0.05) is 6.42 Å². The van der Waals surface area contributed by atoms with E-state index in [0.29, 0.717) is 13.0 Å². The number of hydrogen-bond donors (Lipinski definition) is 0. The molecule has 0 unspecified atom stereocenters. The second-order valence-corrected chi connectivity index (χ2v) is 2.35. The minimum Gasteiger partial charge on any atom is -0.494 e. The van der Waals surface area contributed by atoms with Crippen LogP contribution in [0.5, 0.6) is 5.75 Å². The Bertz CT molecular complexity index is 250. The van der Waals surface area contributed by atoms with Crippen molar-refractivity contribution in [2.75, 3.05) is 6.61 Å². The fraction of sp³-hybridized carbons (Fsp3) is 0.300. The molecule has 2 nitrogen and oxygen atoms in total. The number of unbranched alkanes of at least 4 members (excludes halogenated alkanes) is 1. The first-order valence-electron chi connectivity index (χ1n) is 3.89. The third kappa shape index (κ3) is 3.07. The van der Waals surface area contributed by atoms with Crippen LogP contribution in [0.3, 0.4) is 0 Å². The van der Waals surface area contributed by atoms with Crippen LogP contribution >= 0.6 is 0 Å². The predicted octanol–water partition coefficient (Wildman–Crippen LogP) is 2.17. The van der Waals surface area contributed by atoms with Gasteiger partial charge >= 0.3 is 0 Å². The lowest BCUT2D eigenvalue weighted by Crippen LogP contribution is -1.95. The number of benzene rings is 1. The largest absolute Gasteiger partial charge is 0.494 e. The SMILES string of the molecule is N#CCCCOc1c[c]ccc1. The molecule has 1 radical (unpaired) electrons. The van der Waals surface area contributed by atoms with Gasteiger partial charge in [-0.05, 0) is 24.6 Å². The first kappa shape index (κ1) is 8.61. The number of hydrogen-bond acceptors (Lipinski definition) is 2. The van der Waals surface area contributed by atoms with E-state index >= 15 is 0 Å². The summed E-state index contributed by atoms with van der Waals surface area (Å²) in [4.78, 5) is 0. The molecule has 0 saturated carbocycles. The Kier molecular flexibility index (Phi) is 3.73. The van der Waals surface area contributed by atoms with Crippen molar-refractivity contribution in [1.29, 1.82) is 5.26 Å². The van der Waals surface area contributed by atoms with Crippen molar-refractivity contribution in [2.45, 2.75) is 12.8 Å². The molecule has 0 aliphatic rings. The van der Waals surface area contributed by atoms with Crippen LogP contribution < -0.4 is 4.74 Å². The van der Waals surface area contributed by atoms with Crippen LogP contribution in [-0.4, -0.2) is 6.61 Å². The minimum absolute atomic E-state index is 0.552. The van der Waals surface area contributed by atoms with Crippen molar-refractivity contribution in [2.24, 2.45) is 0 Å². The topological polar surface area (TPSA) is 33.0 Å². The zero-order chi connectivity index (χ0) is 8.65. The number of nitriles is 1. The Balaban J connectivity index is 2.21. The normalized spacial score (nSPS) is 8.92. The summed E-state index contributed by atoms with van der Waals surface area (Å²) in [5.74, 6) is 0.815. The highest BCUT2D eigenvalue weighted by Gasteiger charge is 1.90. The van der Waals surface area contributed by atoms with E-state index in [0.717, 1.165) is 12.2 Å². The summed E-state index contributed by atoms with van der Waals surface area (Å²) in [5.41, 5.74) is 0. The number of rotatable bonds is 4. The maximum Gasteiger partial charge on any atom is 0.119 e. The summed E-state index contributed by atoms with van der Waals surface area (Å²) in [7, 11) is 0. The molecule has 0 aliphatic carbocycles. The van der Waals surface area contributed by atoms with Gasteiger partial charge in [0.1, 0.15) is 5.75 Å². The quantitative estimate of drug-likeness (QED) is 0.632. The van der Waals surface area contributed by atoms with Crippen molar-refractivity contribution in [1.82, 2.24) is 0 Å². The number of ether oxygens (including phenoxy) is 1. The fourth-order valence-corrected chi connectivity index (χ4v) is 0.808. The lowest BCUT2D eigenvalue weighted by Gasteiger charge is -2.02. The molecule has 0 spiro atoms. The monoisotopic (exact) mass is 160 g/mol.